The normalized spacial score (nSPS) is 15.8. The molecule has 1 fully saturated rings. The first-order valence-corrected chi connectivity index (χ1v) is 8.59. The van der Waals surface area contributed by atoms with E-state index in [0.717, 1.165) is 30.6 Å². The molecule has 0 bridgehead atoms. The maximum Gasteiger partial charge on any atom is 0.296 e. The zero-order chi connectivity index (χ0) is 16.5. The van der Waals surface area contributed by atoms with Gasteiger partial charge in [0.1, 0.15) is 4.90 Å². The van der Waals surface area contributed by atoms with Crippen LogP contribution >= 0.6 is 0 Å². The highest BCUT2D eigenvalue weighted by Crippen LogP contribution is 2.41. The van der Waals surface area contributed by atoms with Crippen molar-refractivity contribution in [2.75, 3.05) is 4.90 Å². The molecule has 1 aliphatic carbocycles. The van der Waals surface area contributed by atoms with E-state index >= 15 is 0 Å². The van der Waals surface area contributed by atoms with E-state index in [4.69, 9.17) is 0 Å². The Labute approximate surface area is 129 Å². The number of hydrogen-bond donors (Lipinski definition) is 1. The van der Waals surface area contributed by atoms with Crippen molar-refractivity contribution in [2.24, 2.45) is 0 Å². The largest absolute Gasteiger partial charge is 0.296 e. The first-order valence-electron chi connectivity index (χ1n) is 7.15. The molecule has 1 N–H and O–H groups in total. The summed E-state index contributed by atoms with van der Waals surface area (Å²) in [6.07, 6.45) is 3.76. The van der Waals surface area contributed by atoms with Crippen molar-refractivity contribution in [1.82, 2.24) is 0 Å². The quantitative estimate of drug-likeness (QED) is 0.862. The number of carbonyl (C=O) groups is 2. The van der Waals surface area contributed by atoms with Crippen LogP contribution in [0.2, 0.25) is 0 Å². The van der Waals surface area contributed by atoms with Crippen molar-refractivity contribution in [1.29, 1.82) is 0 Å². The van der Waals surface area contributed by atoms with Crippen LogP contribution in [0.3, 0.4) is 0 Å². The van der Waals surface area contributed by atoms with Gasteiger partial charge in [0, 0.05) is 13.8 Å². The number of rotatable bonds is 3. The lowest BCUT2D eigenvalue weighted by Gasteiger charge is -2.25. The van der Waals surface area contributed by atoms with Crippen LogP contribution in [0.15, 0.2) is 23.1 Å². The van der Waals surface area contributed by atoms with Gasteiger partial charge in [0.05, 0.1) is 5.69 Å². The minimum Gasteiger partial charge on any atom is -0.282 e. The van der Waals surface area contributed by atoms with Gasteiger partial charge in [-0.15, -0.1) is 0 Å². The number of benzene rings is 1. The topological polar surface area (TPSA) is 91.8 Å². The van der Waals surface area contributed by atoms with Crippen LogP contribution in [0, 0.1) is 0 Å². The van der Waals surface area contributed by atoms with Crippen LogP contribution in [-0.2, 0) is 19.7 Å². The summed E-state index contributed by atoms with van der Waals surface area (Å²) < 4.78 is 32.8. The third kappa shape index (κ3) is 3.20. The highest BCUT2D eigenvalue weighted by molar-refractivity contribution is 7.86. The Morgan fingerprint density at radius 3 is 2.14 bits per heavy atom. The summed E-state index contributed by atoms with van der Waals surface area (Å²) in [5, 5.41) is 0. The maximum absolute atomic E-state index is 11.9. The summed E-state index contributed by atoms with van der Waals surface area (Å²) >= 11 is 0. The molecular weight excluding hydrogens is 306 g/mol. The highest BCUT2D eigenvalue weighted by atomic mass is 32.2. The fourth-order valence-electron chi connectivity index (χ4n) is 3.09. The van der Waals surface area contributed by atoms with Gasteiger partial charge in [-0.3, -0.25) is 14.1 Å². The molecule has 22 heavy (non-hydrogen) atoms. The Morgan fingerprint density at radius 1 is 1.14 bits per heavy atom. The van der Waals surface area contributed by atoms with Crippen molar-refractivity contribution in [3.05, 3.63) is 23.8 Å². The number of nitrogens with zero attached hydrogens (tertiary/aromatic N) is 1. The first kappa shape index (κ1) is 16.6. The predicted molar refractivity (Wildman–Crippen MR) is 81.3 cm³/mol. The Hall–Kier alpha value is -1.73. The molecule has 1 aromatic rings. The van der Waals surface area contributed by atoms with Crippen molar-refractivity contribution >= 4 is 27.6 Å². The molecule has 0 radical (unpaired) electrons. The van der Waals surface area contributed by atoms with Crippen LogP contribution in [0.4, 0.5) is 5.69 Å². The Bertz CT molecular complexity index is 691. The van der Waals surface area contributed by atoms with E-state index in [-0.39, 0.29) is 11.6 Å². The summed E-state index contributed by atoms with van der Waals surface area (Å²) in [5.74, 6) is -1.08. The summed E-state index contributed by atoms with van der Waals surface area (Å²) in [4.78, 5) is 24.2. The molecule has 120 valence electrons. The van der Waals surface area contributed by atoms with Crippen molar-refractivity contribution in [2.45, 2.75) is 50.3 Å². The van der Waals surface area contributed by atoms with Crippen LogP contribution in [-0.4, -0.2) is 24.8 Å². The zero-order valence-corrected chi connectivity index (χ0v) is 13.4. The van der Waals surface area contributed by atoms with Gasteiger partial charge in [-0.1, -0.05) is 25.0 Å². The third-order valence-electron chi connectivity index (χ3n) is 3.96. The van der Waals surface area contributed by atoms with Crippen LogP contribution in [0.25, 0.3) is 0 Å². The zero-order valence-electron chi connectivity index (χ0n) is 12.6. The molecule has 1 aliphatic rings. The molecule has 0 aromatic heterocycles. The highest BCUT2D eigenvalue weighted by Gasteiger charge is 2.31. The van der Waals surface area contributed by atoms with E-state index in [0.29, 0.717) is 5.56 Å². The molecule has 2 amide bonds. The van der Waals surface area contributed by atoms with Gasteiger partial charge < -0.3 is 0 Å². The molecule has 0 atom stereocenters. The van der Waals surface area contributed by atoms with Crippen molar-refractivity contribution < 1.29 is 22.6 Å². The van der Waals surface area contributed by atoms with E-state index in [2.05, 4.69) is 0 Å². The molecule has 0 aliphatic heterocycles. The number of para-hydroxylation sites is 1. The second-order valence-corrected chi connectivity index (χ2v) is 6.91. The van der Waals surface area contributed by atoms with Gasteiger partial charge in [-0.25, -0.2) is 4.90 Å². The lowest BCUT2D eigenvalue weighted by atomic mass is 9.95. The lowest BCUT2D eigenvalue weighted by molar-refractivity contribution is -0.124. The smallest absolute Gasteiger partial charge is 0.282 e. The SMILES string of the molecule is CC(=O)N(C(C)=O)c1c(C2CCCC2)cccc1S(=O)(=O)O. The van der Waals surface area contributed by atoms with Gasteiger partial charge in [-0.05, 0) is 30.4 Å². The number of anilines is 1. The van der Waals surface area contributed by atoms with Crippen molar-refractivity contribution in [3.8, 4) is 0 Å². The summed E-state index contributed by atoms with van der Waals surface area (Å²) in [6, 6.07) is 4.46. The molecule has 1 aromatic carbocycles. The van der Waals surface area contributed by atoms with Gasteiger partial charge in [0.25, 0.3) is 10.1 Å². The van der Waals surface area contributed by atoms with Gasteiger partial charge >= 0.3 is 0 Å². The van der Waals surface area contributed by atoms with E-state index in [1.165, 1.54) is 26.0 Å². The average molecular weight is 325 g/mol. The second-order valence-electron chi connectivity index (χ2n) is 5.52. The van der Waals surface area contributed by atoms with E-state index in [1.807, 2.05) is 0 Å². The molecule has 0 spiro atoms. The number of carbonyl (C=O) groups excluding carboxylic acids is 2. The Morgan fingerprint density at radius 2 is 1.68 bits per heavy atom. The second kappa shape index (κ2) is 6.18. The predicted octanol–water partition coefficient (Wildman–Crippen LogP) is 2.49. The van der Waals surface area contributed by atoms with Gasteiger partial charge in [0.15, 0.2) is 0 Å². The maximum atomic E-state index is 11.9. The lowest BCUT2D eigenvalue weighted by Crippen LogP contribution is -2.35. The van der Waals surface area contributed by atoms with E-state index in [9.17, 15) is 22.6 Å². The minimum atomic E-state index is -4.54. The molecule has 0 saturated heterocycles. The molecule has 0 heterocycles. The van der Waals surface area contributed by atoms with E-state index in [1.54, 1.807) is 6.07 Å². The first-order chi connectivity index (χ1) is 10.2. The average Bonchev–Trinajstić information content (AvgIpc) is 2.90. The number of imide groups is 1. The minimum absolute atomic E-state index is 0.00287. The van der Waals surface area contributed by atoms with Crippen molar-refractivity contribution in [3.63, 3.8) is 0 Å². The monoisotopic (exact) mass is 325 g/mol. The third-order valence-corrected chi connectivity index (χ3v) is 4.84. The number of amides is 2. The molecule has 2 rings (SSSR count). The van der Waals surface area contributed by atoms with Crippen LogP contribution < -0.4 is 4.90 Å². The molecular formula is C15H19NO5S. The summed E-state index contributed by atoms with van der Waals surface area (Å²) in [5.41, 5.74) is 0.620. The summed E-state index contributed by atoms with van der Waals surface area (Å²) in [7, 11) is -4.54. The fourth-order valence-corrected chi connectivity index (χ4v) is 3.79. The molecule has 0 unspecified atom stereocenters. The van der Waals surface area contributed by atoms with Crippen LogP contribution in [0.1, 0.15) is 51.0 Å². The van der Waals surface area contributed by atoms with Crippen LogP contribution in [0.5, 0.6) is 0 Å². The Kier molecular flexibility index (Phi) is 4.67. The Balaban J connectivity index is 2.75. The van der Waals surface area contributed by atoms with Gasteiger partial charge in [0.2, 0.25) is 11.8 Å². The molecule has 6 nitrogen and oxygen atoms in total. The van der Waals surface area contributed by atoms with Gasteiger partial charge in [-0.2, -0.15) is 8.42 Å². The van der Waals surface area contributed by atoms with E-state index < -0.39 is 26.8 Å². The molecule has 7 heteroatoms. The molecule has 1 saturated carbocycles. The summed E-state index contributed by atoms with van der Waals surface area (Å²) in [6.45, 7) is 2.39. The standard InChI is InChI=1S/C15H19NO5S/c1-10(17)16(11(2)18)15-13(12-6-3-4-7-12)8-5-9-14(15)22(19,20)21/h5,8-9,12H,3-4,6-7H2,1-2H3,(H,19,20,21). The number of hydrogen-bond acceptors (Lipinski definition) is 4. The fraction of sp³-hybridized carbons (Fsp3) is 0.467.